The summed E-state index contributed by atoms with van der Waals surface area (Å²) in [5, 5.41) is 0.499. The second kappa shape index (κ2) is 6.57. The molecule has 1 aliphatic heterocycles. The van der Waals surface area contributed by atoms with Crippen LogP contribution in [0.1, 0.15) is 19.8 Å². The summed E-state index contributed by atoms with van der Waals surface area (Å²) in [6.45, 7) is 3.22. The first kappa shape index (κ1) is 13.9. The van der Waals surface area contributed by atoms with Gasteiger partial charge in [-0.3, -0.25) is 9.78 Å². The zero-order chi connectivity index (χ0) is 13.7. The molecule has 0 aromatic carbocycles. The monoisotopic (exact) mass is 280 g/mol. The van der Waals surface area contributed by atoms with Crippen molar-refractivity contribution in [1.82, 2.24) is 9.88 Å². The zero-order valence-corrected chi connectivity index (χ0v) is 11.6. The molecule has 0 aliphatic carbocycles. The number of piperidine rings is 1. The van der Waals surface area contributed by atoms with Crippen molar-refractivity contribution in [2.75, 3.05) is 13.1 Å². The topological polar surface area (TPSA) is 42.4 Å². The van der Waals surface area contributed by atoms with Crippen LogP contribution in [0, 0.1) is 0 Å². The second-order valence-corrected chi connectivity index (χ2v) is 4.88. The van der Waals surface area contributed by atoms with Crippen molar-refractivity contribution in [2.24, 2.45) is 0 Å². The zero-order valence-electron chi connectivity index (χ0n) is 10.9. The van der Waals surface area contributed by atoms with Crippen LogP contribution in [0.4, 0.5) is 0 Å². The number of hydrogen-bond acceptors (Lipinski definition) is 3. The normalized spacial score (nSPS) is 19.7. The largest absolute Gasteiger partial charge is 0.487 e. The minimum absolute atomic E-state index is 0.0112. The average molecular weight is 281 g/mol. The summed E-state index contributed by atoms with van der Waals surface area (Å²) in [6.07, 6.45) is 8.40. The van der Waals surface area contributed by atoms with Crippen molar-refractivity contribution in [3.05, 3.63) is 35.6 Å². The fourth-order valence-electron chi connectivity index (χ4n) is 2.12. The summed E-state index contributed by atoms with van der Waals surface area (Å²) >= 11 is 6.01. The minimum Gasteiger partial charge on any atom is -0.487 e. The Balaban J connectivity index is 1.98. The van der Waals surface area contributed by atoms with Gasteiger partial charge in [0.1, 0.15) is 16.9 Å². The highest BCUT2D eigenvalue weighted by molar-refractivity contribution is 6.31. The van der Waals surface area contributed by atoms with Gasteiger partial charge in [0.2, 0.25) is 5.91 Å². The lowest BCUT2D eigenvalue weighted by Crippen LogP contribution is -2.43. The molecule has 0 N–H and O–H groups in total. The van der Waals surface area contributed by atoms with Crippen molar-refractivity contribution >= 4 is 17.5 Å². The van der Waals surface area contributed by atoms with Crippen LogP contribution < -0.4 is 4.74 Å². The smallest absolute Gasteiger partial charge is 0.246 e. The molecule has 102 valence electrons. The molecule has 0 saturated carbocycles. The molecular formula is C14H17ClN2O2. The summed E-state index contributed by atoms with van der Waals surface area (Å²) in [5.74, 6) is 0.665. The number of halogens is 1. The first-order valence-electron chi connectivity index (χ1n) is 6.38. The number of aromatic nitrogens is 1. The Labute approximate surface area is 118 Å². The number of amides is 1. The van der Waals surface area contributed by atoms with Gasteiger partial charge in [-0.05, 0) is 25.8 Å². The highest BCUT2D eigenvalue weighted by Crippen LogP contribution is 2.25. The van der Waals surface area contributed by atoms with Crippen molar-refractivity contribution in [1.29, 1.82) is 0 Å². The molecule has 2 heterocycles. The number of nitrogens with zero attached hydrogens (tertiary/aromatic N) is 2. The number of ether oxygens (including phenoxy) is 1. The van der Waals surface area contributed by atoms with Gasteiger partial charge in [0, 0.05) is 25.0 Å². The third kappa shape index (κ3) is 3.70. The molecule has 1 aliphatic rings. The maximum atomic E-state index is 11.8. The highest BCUT2D eigenvalue weighted by Gasteiger charge is 2.24. The fraction of sp³-hybridized carbons (Fsp3) is 0.429. The van der Waals surface area contributed by atoms with Gasteiger partial charge in [0.25, 0.3) is 0 Å². The third-order valence-corrected chi connectivity index (χ3v) is 3.31. The molecule has 5 heteroatoms. The molecule has 1 fully saturated rings. The lowest BCUT2D eigenvalue weighted by atomic mass is 10.1. The summed E-state index contributed by atoms with van der Waals surface area (Å²) < 4.78 is 5.85. The Morgan fingerprint density at radius 3 is 3.21 bits per heavy atom. The molecule has 0 radical (unpaired) electrons. The van der Waals surface area contributed by atoms with E-state index in [1.807, 2.05) is 11.8 Å². The number of pyridine rings is 1. The number of hydrogen-bond donors (Lipinski definition) is 0. The van der Waals surface area contributed by atoms with E-state index in [2.05, 4.69) is 4.98 Å². The van der Waals surface area contributed by atoms with E-state index in [0.717, 1.165) is 19.4 Å². The molecule has 0 spiro atoms. The average Bonchev–Trinajstić information content (AvgIpc) is 2.42. The van der Waals surface area contributed by atoms with Gasteiger partial charge in [-0.1, -0.05) is 17.7 Å². The van der Waals surface area contributed by atoms with E-state index in [-0.39, 0.29) is 12.0 Å². The third-order valence-electron chi connectivity index (χ3n) is 3.03. The van der Waals surface area contributed by atoms with E-state index in [1.54, 1.807) is 30.6 Å². The molecule has 2 rings (SSSR count). The lowest BCUT2D eigenvalue weighted by Gasteiger charge is -2.32. The van der Waals surface area contributed by atoms with Crippen LogP contribution in [0.15, 0.2) is 30.6 Å². The van der Waals surface area contributed by atoms with E-state index in [0.29, 0.717) is 17.3 Å². The van der Waals surface area contributed by atoms with E-state index in [9.17, 15) is 4.79 Å². The van der Waals surface area contributed by atoms with Crippen LogP contribution in [0.3, 0.4) is 0 Å². The first-order chi connectivity index (χ1) is 9.20. The standard InChI is InChI=1S/C14H17ClN2O2/c1-2-4-14(18)17-8-3-5-11(10-17)19-13-6-7-16-9-12(13)15/h2,4,6-7,9,11H,3,5,8,10H2,1H3/b4-2+. The van der Waals surface area contributed by atoms with Gasteiger partial charge >= 0.3 is 0 Å². The van der Waals surface area contributed by atoms with Crippen LogP contribution in [0.2, 0.25) is 5.02 Å². The molecule has 1 amide bonds. The van der Waals surface area contributed by atoms with Crippen molar-refractivity contribution in [2.45, 2.75) is 25.9 Å². The fourth-order valence-corrected chi connectivity index (χ4v) is 2.28. The molecule has 1 unspecified atom stereocenters. The Kier molecular flexibility index (Phi) is 4.80. The second-order valence-electron chi connectivity index (χ2n) is 4.47. The number of allylic oxidation sites excluding steroid dienone is 1. The van der Waals surface area contributed by atoms with E-state index in [4.69, 9.17) is 16.3 Å². The highest BCUT2D eigenvalue weighted by atomic mass is 35.5. The Morgan fingerprint density at radius 2 is 2.47 bits per heavy atom. The quantitative estimate of drug-likeness (QED) is 0.800. The molecule has 19 heavy (non-hydrogen) atoms. The van der Waals surface area contributed by atoms with Gasteiger partial charge in [0.15, 0.2) is 0 Å². The van der Waals surface area contributed by atoms with Crippen LogP contribution in [-0.4, -0.2) is 35.0 Å². The van der Waals surface area contributed by atoms with Crippen LogP contribution in [0.5, 0.6) is 5.75 Å². The predicted octanol–water partition coefficient (Wildman–Crippen LogP) is 2.68. The molecule has 4 nitrogen and oxygen atoms in total. The van der Waals surface area contributed by atoms with Gasteiger partial charge in [-0.15, -0.1) is 0 Å². The number of carbonyl (C=O) groups excluding carboxylic acids is 1. The molecule has 0 bridgehead atoms. The SMILES string of the molecule is C/C=C/C(=O)N1CCCC(Oc2ccncc2Cl)C1. The van der Waals surface area contributed by atoms with Gasteiger partial charge in [0.05, 0.1) is 6.54 Å². The summed E-state index contributed by atoms with van der Waals surface area (Å²) in [6, 6.07) is 1.75. The van der Waals surface area contributed by atoms with Crippen molar-refractivity contribution < 1.29 is 9.53 Å². The van der Waals surface area contributed by atoms with Gasteiger partial charge in [-0.25, -0.2) is 0 Å². The van der Waals surface area contributed by atoms with Crippen LogP contribution in [0.25, 0.3) is 0 Å². The molecule has 1 atom stereocenters. The van der Waals surface area contributed by atoms with Gasteiger partial charge < -0.3 is 9.64 Å². The Bertz CT molecular complexity index is 476. The van der Waals surface area contributed by atoms with E-state index in [1.165, 1.54) is 0 Å². The first-order valence-corrected chi connectivity index (χ1v) is 6.76. The summed E-state index contributed by atoms with van der Waals surface area (Å²) in [7, 11) is 0. The Hall–Kier alpha value is -1.55. The van der Waals surface area contributed by atoms with Crippen LogP contribution >= 0.6 is 11.6 Å². The van der Waals surface area contributed by atoms with Crippen molar-refractivity contribution in [3.63, 3.8) is 0 Å². The molecule has 1 aromatic heterocycles. The maximum absolute atomic E-state index is 11.8. The molecule has 1 saturated heterocycles. The van der Waals surface area contributed by atoms with Gasteiger partial charge in [-0.2, -0.15) is 0 Å². The number of rotatable bonds is 3. The minimum atomic E-state index is -0.0112. The van der Waals surface area contributed by atoms with Crippen LogP contribution in [-0.2, 0) is 4.79 Å². The Morgan fingerprint density at radius 1 is 1.63 bits per heavy atom. The molecular weight excluding hydrogens is 264 g/mol. The molecule has 1 aromatic rings. The predicted molar refractivity (Wildman–Crippen MR) is 74.3 cm³/mol. The van der Waals surface area contributed by atoms with E-state index < -0.39 is 0 Å². The summed E-state index contributed by atoms with van der Waals surface area (Å²) in [5.41, 5.74) is 0. The maximum Gasteiger partial charge on any atom is 0.246 e. The lowest BCUT2D eigenvalue weighted by molar-refractivity contribution is -0.128. The van der Waals surface area contributed by atoms with Crippen molar-refractivity contribution in [3.8, 4) is 5.75 Å². The number of carbonyl (C=O) groups is 1. The van der Waals surface area contributed by atoms with E-state index >= 15 is 0 Å². The summed E-state index contributed by atoms with van der Waals surface area (Å²) in [4.78, 5) is 17.5. The number of likely N-dealkylation sites (tertiary alicyclic amines) is 1.